The van der Waals surface area contributed by atoms with Crippen LogP contribution >= 0.6 is 15.9 Å². The van der Waals surface area contributed by atoms with E-state index in [0.717, 1.165) is 19.7 Å². The summed E-state index contributed by atoms with van der Waals surface area (Å²) >= 11 is 3.70. The van der Waals surface area contributed by atoms with Gasteiger partial charge in [0, 0.05) is 11.4 Å². The molecule has 3 heteroatoms. The Labute approximate surface area is 82.2 Å². The number of hydrogen-bond acceptors (Lipinski definition) is 2. The fourth-order valence-electron chi connectivity index (χ4n) is 2.20. The normalized spacial score (nSPS) is 35.2. The van der Waals surface area contributed by atoms with Crippen LogP contribution in [0.25, 0.3) is 0 Å². The number of rotatable bonds is 0. The molecule has 0 radical (unpaired) electrons. The van der Waals surface area contributed by atoms with Crippen LogP contribution in [0.3, 0.4) is 0 Å². The van der Waals surface area contributed by atoms with Gasteiger partial charge in [0.1, 0.15) is 0 Å². The van der Waals surface area contributed by atoms with Gasteiger partial charge >= 0.3 is 0 Å². The van der Waals surface area contributed by atoms with Crippen LogP contribution in [0.2, 0.25) is 0 Å². The lowest BCUT2D eigenvalue weighted by Crippen LogP contribution is -2.48. The number of piperidine rings is 1. The Morgan fingerprint density at radius 2 is 2.08 bits per heavy atom. The Bertz CT molecular complexity index is 151. The lowest BCUT2D eigenvalue weighted by atomic mass is 9.85. The van der Waals surface area contributed by atoms with Crippen molar-refractivity contribution in [2.75, 3.05) is 19.7 Å². The highest BCUT2D eigenvalue weighted by Crippen LogP contribution is 2.35. The molecule has 2 nitrogen and oxygen atoms in total. The van der Waals surface area contributed by atoms with E-state index in [1.165, 1.54) is 25.7 Å². The van der Waals surface area contributed by atoms with Gasteiger partial charge in [0.25, 0.3) is 0 Å². The van der Waals surface area contributed by atoms with Gasteiger partial charge in [0.2, 0.25) is 0 Å². The Morgan fingerprint density at radius 3 is 2.75 bits per heavy atom. The maximum atomic E-state index is 5.91. The summed E-state index contributed by atoms with van der Waals surface area (Å²) in [5.74, 6) is 0. The van der Waals surface area contributed by atoms with Gasteiger partial charge in [0.15, 0.2) is 0 Å². The summed E-state index contributed by atoms with van der Waals surface area (Å²) in [5.41, 5.74) is 0.220. The second-order valence-corrected chi connectivity index (χ2v) is 5.17. The fraction of sp³-hybridized carbons (Fsp3) is 1.00. The number of halogens is 1. The van der Waals surface area contributed by atoms with Crippen molar-refractivity contribution in [1.29, 1.82) is 0 Å². The van der Waals surface area contributed by atoms with Gasteiger partial charge in [-0.3, -0.25) is 0 Å². The van der Waals surface area contributed by atoms with E-state index in [0.29, 0.717) is 4.83 Å². The quantitative estimate of drug-likeness (QED) is 0.644. The van der Waals surface area contributed by atoms with E-state index in [4.69, 9.17) is 4.74 Å². The molecular weight excluding hydrogens is 218 g/mol. The maximum Gasteiger partial charge on any atom is 0.0717 e. The summed E-state index contributed by atoms with van der Waals surface area (Å²) in [6, 6.07) is 0. The minimum Gasteiger partial charge on any atom is -0.375 e. The molecule has 1 unspecified atom stereocenters. The van der Waals surface area contributed by atoms with E-state index in [2.05, 4.69) is 21.2 Å². The van der Waals surface area contributed by atoms with Gasteiger partial charge in [-0.25, -0.2) is 0 Å². The Balaban J connectivity index is 1.97. The predicted octanol–water partition coefficient (Wildman–Crippen LogP) is 1.68. The molecule has 2 aliphatic rings. The summed E-state index contributed by atoms with van der Waals surface area (Å²) in [6.07, 6.45) is 4.76. The van der Waals surface area contributed by atoms with E-state index in [9.17, 15) is 0 Å². The molecule has 1 atom stereocenters. The van der Waals surface area contributed by atoms with Crippen LogP contribution in [0.4, 0.5) is 0 Å². The molecule has 2 aliphatic heterocycles. The van der Waals surface area contributed by atoms with Crippen LogP contribution in [0.5, 0.6) is 0 Å². The molecule has 1 N–H and O–H groups in total. The van der Waals surface area contributed by atoms with Gasteiger partial charge in [0.05, 0.1) is 5.60 Å². The smallest absolute Gasteiger partial charge is 0.0717 e. The zero-order valence-electron chi connectivity index (χ0n) is 7.31. The highest BCUT2D eigenvalue weighted by atomic mass is 79.9. The molecule has 0 saturated carbocycles. The first kappa shape index (κ1) is 8.97. The van der Waals surface area contributed by atoms with Gasteiger partial charge in [-0.15, -0.1) is 0 Å². The van der Waals surface area contributed by atoms with E-state index >= 15 is 0 Å². The fourth-order valence-corrected chi connectivity index (χ4v) is 2.98. The van der Waals surface area contributed by atoms with Crippen LogP contribution in [0, 0.1) is 0 Å². The van der Waals surface area contributed by atoms with Crippen LogP contribution < -0.4 is 5.32 Å². The Hall–Kier alpha value is 0.400. The van der Waals surface area contributed by atoms with Crippen molar-refractivity contribution < 1.29 is 4.74 Å². The van der Waals surface area contributed by atoms with Crippen LogP contribution in [-0.4, -0.2) is 30.1 Å². The Kier molecular flexibility index (Phi) is 2.72. The van der Waals surface area contributed by atoms with Gasteiger partial charge in [-0.1, -0.05) is 15.9 Å². The molecule has 2 saturated heterocycles. The molecule has 70 valence electrons. The standard InChI is InChI=1S/C9H16BrNO/c10-8-1-6-12-9(7-8)2-4-11-5-3-9/h8,11H,1-7H2. The average molecular weight is 234 g/mol. The zero-order chi connectivity index (χ0) is 8.44. The molecule has 1 spiro atoms. The van der Waals surface area contributed by atoms with Crippen LogP contribution in [0.15, 0.2) is 0 Å². The average Bonchev–Trinajstić information content (AvgIpc) is 2.05. The second-order valence-electron chi connectivity index (χ2n) is 3.87. The molecule has 0 aromatic carbocycles. The highest BCUT2D eigenvalue weighted by Gasteiger charge is 2.37. The number of nitrogens with one attached hydrogen (secondary N) is 1. The minimum atomic E-state index is 0.220. The van der Waals surface area contributed by atoms with Crippen LogP contribution in [-0.2, 0) is 4.74 Å². The summed E-state index contributed by atoms with van der Waals surface area (Å²) in [4.78, 5) is 0.685. The molecular formula is C9H16BrNO. The molecule has 0 amide bonds. The minimum absolute atomic E-state index is 0.220. The lowest BCUT2D eigenvalue weighted by Gasteiger charge is -2.42. The summed E-state index contributed by atoms with van der Waals surface area (Å²) in [5, 5.41) is 3.38. The SMILES string of the molecule is BrC1CCOC2(CCNCC2)C1. The zero-order valence-corrected chi connectivity index (χ0v) is 8.90. The van der Waals surface area contributed by atoms with Crippen molar-refractivity contribution in [2.45, 2.75) is 36.1 Å². The number of hydrogen-bond donors (Lipinski definition) is 1. The Morgan fingerprint density at radius 1 is 1.33 bits per heavy atom. The molecule has 0 aromatic heterocycles. The van der Waals surface area contributed by atoms with E-state index in [1.807, 2.05) is 0 Å². The van der Waals surface area contributed by atoms with Gasteiger partial charge in [-0.2, -0.15) is 0 Å². The van der Waals surface area contributed by atoms with E-state index < -0.39 is 0 Å². The second kappa shape index (κ2) is 3.64. The lowest BCUT2D eigenvalue weighted by molar-refractivity contribution is -0.0923. The topological polar surface area (TPSA) is 21.3 Å². The number of ether oxygens (including phenoxy) is 1. The van der Waals surface area contributed by atoms with E-state index in [-0.39, 0.29) is 5.60 Å². The predicted molar refractivity (Wildman–Crippen MR) is 52.7 cm³/mol. The van der Waals surface area contributed by atoms with Gasteiger partial charge < -0.3 is 10.1 Å². The molecule has 0 bridgehead atoms. The van der Waals surface area contributed by atoms with Crippen LogP contribution in [0.1, 0.15) is 25.7 Å². The third-order valence-electron chi connectivity index (χ3n) is 2.95. The maximum absolute atomic E-state index is 5.91. The van der Waals surface area contributed by atoms with Crippen molar-refractivity contribution >= 4 is 15.9 Å². The monoisotopic (exact) mass is 233 g/mol. The molecule has 0 aliphatic carbocycles. The first-order chi connectivity index (χ1) is 5.81. The molecule has 12 heavy (non-hydrogen) atoms. The molecule has 2 rings (SSSR count). The highest BCUT2D eigenvalue weighted by molar-refractivity contribution is 9.09. The largest absolute Gasteiger partial charge is 0.375 e. The van der Waals surface area contributed by atoms with Crippen molar-refractivity contribution in [1.82, 2.24) is 5.32 Å². The van der Waals surface area contributed by atoms with E-state index in [1.54, 1.807) is 0 Å². The first-order valence-electron chi connectivity index (χ1n) is 4.80. The van der Waals surface area contributed by atoms with Crippen molar-refractivity contribution in [2.24, 2.45) is 0 Å². The summed E-state index contributed by atoms with van der Waals surface area (Å²) in [7, 11) is 0. The summed E-state index contributed by atoms with van der Waals surface area (Å²) < 4.78 is 5.91. The first-order valence-corrected chi connectivity index (χ1v) is 5.71. The third kappa shape index (κ3) is 1.83. The van der Waals surface area contributed by atoms with Gasteiger partial charge in [-0.05, 0) is 38.8 Å². The van der Waals surface area contributed by atoms with Crippen molar-refractivity contribution in [3.05, 3.63) is 0 Å². The molecule has 2 fully saturated rings. The summed E-state index contributed by atoms with van der Waals surface area (Å²) in [6.45, 7) is 3.19. The van der Waals surface area contributed by atoms with Crippen molar-refractivity contribution in [3.8, 4) is 0 Å². The third-order valence-corrected chi connectivity index (χ3v) is 3.73. The number of alkyl halides is 1. The molecule has 0 aromatic rings. The molecule has 2 heterocycles. The van der Waals surface area contributed by atoms with Crippen molar-refractivity contribution in [3.63, 3.8) is 0 Å².